The standard InChI is InChI=1S/C18H14N2S/c1-3-8-15-13(2)21-17-11-5-4-9-14(17)18(20-15)16-10-6-7-12-19-16/h4-7,9-12H,1-2H3. The number of aromatic nitrogens is 1. The molecule has 0 aliphatic carbocycles. The number of hydrogen-bond donors (Lipinski definition) is 0. The van der Waals surface area contributed by atoms with Crippen molar-refractivity contribution >= 4 is 17.5 Å². The molecular formula is C18H14N2S. The van der Waals surface area contributed by atoms with Crippen LogP contribution in [-0.4, -0.2) is 10.7 Å². The Labute approximate surface area is 129 Å². The number of rotatable bonds is 1. The lowest BCUT2D eigenvalue weighted by Gasteiger charge is -2.08. The summed E-state index contributed by atoms with van der Waals surface area (Å²) in [4.78, 5) is 11.5. The number of aliphatic imine (C=N–C) groups is 1. The maximum atomic E-state index is 4.80. The Morgan fingerprint density at radius 3 is 2.62 bits per heavy atom. The second kappa shape index (κ2) is 5.99. The zero-order chi connectivity index (χ0) is 14.7. The first kappa shape index (κ1) is 13.7. The van der Waals surface area contributed by atoms with Gasteiger partial charge in [-0.15, -0.1) is 0 Å². The van der Waals surface area contributed by atoms with Gasteiger partial charge in [0, 0.05) is 21.6 Å². The van der Waals surface area contributed by atoms with E-state index < -0.39 is 0 Å². The zero-order valence-electron chi connectivity index (χ0n) is 11.9. The molecule has 0 unspecified atom stereocenters. The minimum atomic E-state index is 0.819. The molecule has 1 aliphatic rings. The van der Waals surface area contributed by atoms with E-state index in [0.717, 1.165) is 27.6 Å². The molecule has 21 heavy (non-hydrogen) atoms. The van der Waals surface area contributed by atoms with Crippen LogP contribution in [0.3, 0.4) is 0 Å². The van der Waals surface area contributed by atoms with E-state index in [0.29, 0.717) is 0 Å². The first-order valence-electron chi connectivity index (χ1n) is 6.70. The Kier molecular flexibility index (Phi) is 3.89. The molecule has 0 bridgehead atoms. The molecule has 2 aromatic rings. The maximum Gasteiger partial charge on any atom is 0.123 e. The smallest absolute Gasteiger partial charge is 0.123 e. The summed E-state index contributed by atoms with van der Waals surface area (Å²) in [5.41, 5.74) is 3.68. The number of pyridine rings is 1. The summed E-state index contributed by atoms with van der Waals surface area (Å²) in [6, 6.07) is 14.2. The van der Waals surface area contributed by atoms with Crippen LogP contribution in [0.2, 0.25) is 0 Å². The zero-order valence-corrected chi connectivity index (χ0v) is 12.7. The van der Waals surface area contributed by atoms with Crippen LogP contribution < -0.4 is 0 Å². The quantitative estimate of drug-likeness (QED) is 0.732. The van der Waals surface area contributed by atoms with Crippen molar-refractivity contribution in [1.82, 2.24) is 4.98 Å². The molecule has 0 radical (unpaired) electrons. The van der Waals surface area contributed by atoms with E-state index in [1.54, 1.807) is 18.0 Å². The second-order valence-corrected chi connectivity index (χ2v) is 5.81. The van der Waals surface area contributed by atoms with E-state index in [4.69, 9.17) is 4.99 Å². The van der Waals surface area contributed by atoms with E-state index in [-0.39, 0.29) is 0 Å². The molecule has 102 valence electrons. The van der Waals surface area contributed by atoms with Gasteiger partial charge in [-0.1, -0.05) is 41.9 Å². The second-order valence-electron chi connectivity index (χ2n) is 4.55. The monoisotopic (exact) mass is 290 g/mol. The van der Waals surface area contributed by atoms with Crippen LogP contribution in [0.4, 0.5) is 0 Å². The molecule has 1 aromatic heterocycles. The molecule has 0 N–H and O–H groups in total. The van der Waals surface area contributed by atoms with Gasteiger partial charge >= 0.3 is 0 Å². The van der Waals surface area contributed by atoms with Crippen molar-refractivity contribution in [3.05, 3.63) is 70.5 Å². The molecule has 0 fully saturated rings. The molecule has 3 rings (SSSR count). The van der Waals surface area contributed by atoms with E-state index in [9.17, 15) is 0 Å². The van der Waals surface area contributed by atoms with Gasteiger partial charge in [0.2, 0.25) is 0 Å². The summed E-state index contributed by atoms with van der Waals surface area (Å²) in [6.45, 7) is 3.89. The third kappa shape index (κ3) is 2.76. The van der Waals surface area contributed by atoms with Crippen molar-refractivity contribution < 1.29 is 0 Å². The lowest BCUT2D eigenvalue weighted by Crippen LogP contribution is -2.06. The average molecular weight is 290 g/mol. The highest BCUT2D eigenvalue weighted by atomic mass is 32.2. The van der Waals surface area contributed by atoms with Crippen LogP contribution >= 0.6 is 11.8 Å². The number of allylic oxidation sites excluding steroid dienone is 2. The van der Waals surface area contributed by atoms with Crippen molar-refractivity contribution in [3.8, 4) is 11.8 Å². The van der Waals surface area contributed by atoms with Gasteiger partial charge in [-0.25, -0.2) is 4.99 Å². The molecule has 2 heterocycles. The van der Waals surface area contributed by atoms with Gasteiger partial charge in [0.1, 0.15) is 5.70 Å². The van der Waals surface area contributed by atoms with Gasteiger partial charge in [-0.05, 0) is 38.0 Å². The molecule has 2 nitrogen and oxygen atoms in total. The third-order valence-electron chi connectivity index (χ3n) is 3.11. The Hall–Kier alpha value is -2.31. The SMILES string of the molecule is CC#CC1=C(C)Sc2ccccc2C(c2ccccn2)=N1. The van der Waals surface area contributed by atoms with Gasteiger partial charge in [0.25, 0.3) is 0 Å². The molecule has 0 amide bonds. The summed E-state index contributed by atoms with van der Waals surface area (Å²) >= 11 is 1.71. The number of nitrogens with zero attached hydrogens (tertiary/aromatic N) is 2. The maximum absolute atomic E-state index is 4.80. The first-order valence-corrected chi connectivity index (χ1v) is 7.52. The largest absolute Gasteiger partial charge is 0.255 e. The minimum absolute atomic E-state index is 0.819. The van der Waals surface area contributed by atoms with Crippen LogP contribution in [-0.2, 0) is 0 Å². The van der Waals surface area contributed by atoms with Gasteiger partial charge < -0.3 is 0 Å². The molecule has 1 aromatic carbocycles. The summed E-state index contributed by atoms with van der Waals surface area (Å²) < 4.78 is 0. The van der Waals surface area contributed by atoms with Crippen LogP contribution in [0.15, 0.2) is 69.2 Å². The molecule has 0 atom stereocenters. The predicted molar refractivity (Wildman–Crippen MR) is 88.3 cm³/mol. The van der Waals surface area contributed by atoms with Crippen molar-refractivity contribution in [3.63, 3.8) is 0 Å². The van der Waals surface area contributed by atoms with Crippen molar-refractivity contribution in [2.75, 3.05) is 0 Å². The lowest BCUT2D eigenvalue weighted by molar-refractivity contribution is 1.26. The Balaban J connectivity index is 2.26. The fraction of sp³-hybridized carbons (Fsp3) is 0.111. The van der Waals surface area contributed by atoms with Crippen LogP contribution in [0.25, 0.3) is 0 Å². The average Bonchev–Trinajstić information content (AvgIpc) is 2.66. The third-order valence-corrected chi connectivity index (χ3v) is 4.19. The topological polar surface area (TPSA) is 25.2 Å². The molecular weight excluding hydrogens is 276 g/mol. The number of thioether (sulfide) groups is 1. The number of hydrogen-bond acceptors (Lipinski definition) is 3. The summed E-state index contributed by atoms with van der Waals surface area (Å²) in [7, 11) is 0. The van der Waals surface area contributed by atoms with Gasteiger partial charge in [0.15, 0.2) is 0 Å². The first-order chi connectivity index (χ1) is 10.3. The molecule has 3 heteroatoms. The van der Waals surface area contributed by atoms with E-state index in [1.807, 2.05) is 37.3 Å². The molecule has 1 aliphatic heterocycles. The van der Waals surface area contributed by atoms with E-state index >= 15 is 0 Å². The lowest BCUT2D eigenvalue weighted by atomic mass is 10.1. The number of benzene rings is 1. The van der Waals surface area contributed by atoms with E-state index in [2.05, 4.69) is 35.9 Å². The van der Waals surface area contributed by atoms with Gasteiger partial charge in [-0.2, -0.15) is 0 Å². The predicted octanol–water partition coefficient (Wildman–Crippen LogP) is 4.28. The van der Waals surface area contributed by atoms with E-state index in [1.165, 1.54) is 4.90 Å². The van der Waals surface area contributed by atoms with Crippen molar-refractivity contribution in [2.24, 2.45) is 4.99 Å². The highest BCUT2D eigenvalue weighted by Crippen LogP contribution is 2.35. The highest BCUT2D eigenvalue weighted by molar-refractivity contribution is 8.03. The van der Waals surface area contributed by atoms with Crippen molar-refractivity contribution in [1.29, 1.82) is 0 Å². The summed E-state index contributed by atoms with van der Waals surface area (Å²) in [6.07, 6.45) is 1.79. The van der Waals surface area contributed by atoms with Gasteiger partial charge in [0.05, 0.1) is 11.4 Å². The summed E-state index contributed by atoms with van der Waals surface area (Å²) in [5, 5.41) is 0. The Morgan fingerprint density at radius 2 is 1.86 bits per heavy atom. The summed E-state index contributed by atoms with van der Waals surface area (Å²) in [5.74, 6) is 6.05. The van der Waals surface area contributed by atoms with Gasteiger partial charge in [-0.3, -0.25) is 4.98 Å². The van der Waals surface area contributed by atoms with Crippen LogP contribution in [0, 0.1) is 11.8 Å². The molecule has 0 saturated heterocycles. The van der Waals surface area contributed by atoms with Crippen molar-refractivity contribution in [2.45, 2.75) is 18.7 Å². The highest BCUT2D eigenvalue weighted by Gasteiger charge is 2.18. The Bertz CT molecular complexity index is 793. The molecule has 0 saturated carbocycles. The fourth-order valence-electron chi connectivity index (χ4n) is 2.15. The molecule has 0 spiro atoms. The Morgan fingerprint density at radius 1 is 1.05 bits per heavy atom. The van der Waals surface area contributed by atoms with Crippen LogP contribution in [0.5, 0.6) is 0 Å². The van der Waals surface area contributed by atoms with Crippen LogP contribution in [0.1, 0.15) is 25.1 Å². The normalized spacial score (nSPS) is 13.7. The number of fused-ring (bicyclic) bond motifs is 1. The fourth-order valence-corrected chi connectivity index (χ4v) is 3.09. The minimum Gasteiger partial charge on any atom is -0.255 e.